The van der Waals surface area contributed by atoms with Crippen molar-refractivity contribution in [2.45, 2.75) is 45.8 Å². The first-order valence-electron chi connectivity index (χ1n) is 10.9. The number of likely N-dealkylation sites (tertiary alicyclic amines) is 1. The zero-order valence-electron chi connectivity index (χ0n) is 20.1. The molecule has 32 heavy (non-hydrogen) atoms. The third-order valence-corrected chi connectivity index (χ3v) is 5.22. The second-order valence-electron chi connectivity index (χ2n) is 8.91. The van der Waals surface area contributed by atoms with Gasteiger partial charge in [-0.1, -0.05) is 0 Å². The zero-order chi connectivity index (χ0) is 23.7. The lowest BCUT2D eigenvalue weighted by Gasteiger charge is -2.31. The maximum absolute atomic E-state index is 12.4. The highest BCUT2D eigenvalue weighted by atomic mass is 16.6. The van der Waals surface area contributed by atoms with Gasteiger partial charge in [-0.15, -0.1) is 0 Å². The van der Waals surface area contributed by atoms with Gasteiger partial charge in [-0.05, 0) is 70.3 Å². The Labute approximate surface area is 190 Å². The van der Waals surface area contributed by atoms with Gasteiger partial charge in [-0.3, -0.25) is 9.69 Å². The Morgan fingerprint density at radius 3 is 2.09 bits per heavy atom. The van der Waals surface area contributed by atoms with Crippen molar-refractivity contribution in [2.75, 3.05) is 47.5 Å². The molecule has 1 aromatic carbocycles. The number of nitrogens with zero attached hydrogens (tertiary/aromatic N) is 1. The smallest absolute Gasteiger partial charge is 0.407 e. The first-order chi connectivity index (χ1) is 15.1. The Morgan fingerprint density at radius 1 is 1.00 bits per heavy atom. The molecule has 0 spiro atoms. The first-order valence-corrected chi connectivity index (χ1v) is 10.9. The third-order valence-electron chi connectivity index (χ3n) is 5.22. The van der Waals surface area contributed by atoms with Gasteiger partial charge in [0.15, 0.2) is 11.5 Å². The van der Waals surface area contributed by atoms with Crippen LogP contribution in [0.2, 0.25) is 0 Å². The molecule has 9 nitrogen and oxygen atoms in total. The monoisotopic (exact) mass is 451 g/mol. The predicted octanol–water partition coefficient (Wildman–Crippen LogP) is 2.57. The first kappa shape index (κ1) is 25.6. The van der Waals surface area contributed by atoms with Gasteiger partial charge < -0.3 is 29.6 Å². The number of alkyl carbamates (subject to hydrolysis) is 1. The molecule has 2 amide bonds. The maximum Gasteiger partial charge on any atom is 0.407 e. The number of piperidine rings is 1. The van der Waals surface area contributed by atoms with Crippen LogP contribution in [0, 0.1) is 5.92 Å². The molecule has 0 saturated carbocycles. The van der Waals surface area contributed by atoms with Crippen LogP contribution in [-0.4, -0.2) is 70.0 Å². The van der Waals surface area contributed by atoms with E-state index >= 15 is 0 Å². The lowest BCUT2D eigenvalue weighted by molar-refractivity contribution is -0.122. The van der Waals surface area contributed by atoms with E-state index in [1.54, 1.807) is 21.3 Å². The second kappa shape index (κ2) is 11.8. The number of amides is 2. The SMILES string of the molecule is COc1cc(CNC(=O)CN2CCC(CNC(=O)OC(C)(C)C)CC2)cc(OC)c1OC. The summed E-state index contributed by atoms with van der Waals surface area (Å²) in [7, 11) is 4.68. The summed E-state index contributed by atoms with van der Waals surface area (Å²) >= 11 is 0. The summed E-state index contributed by atoms with van der Waals surface area (Å²) in [5.41, 5.74) is 0.364. The average Bonchev–Trinajstić information content (AvgIpc) is 2.75. The highest BCUT2D eigenvalue weighted by Crippen LogP contribution is 2.38. The number of ether oxygens (including phenoxy) is 4. The Hall–Kier alpha value is -2.68. The summed E-state index contributed by atoms with van der Waals surface area (Å²) in [5, 5.41) is 5.79. The van der Waals surface area contributed by atoms with Gasteiger partial charge in [0.05, 0.1) is 27.9 Å². The van der Waals surface area contributed by atoms with E-state index in [1.165, 1.54) is 0 Å². The Kier molecular flexibility index (Phi) is 9.43. The zero-order valence-corrected chi connectivity index (χ0v) is 20.1. The van der Waals surface area contributed by atoms with E-state index in [9.17, 15) is 9.59 Å². The number of carbonyl (C=O) groups excluding carboxylic acids is 2. The molecule has 180 valence electrons. The van der Waals surface area contributed by atoms with Gasteiger partial charge in [-0.2, -0.15) is 0 Å². The molecule has 9 heteroatoms. The van der Waals surface area contributed by atoms with Gasteiger partial charge >= 0.3 is 6.09 Å². The van der Waals surface area contributed by atoms with Crippen molar-refractivity contribution in [1.82, 2.24) is 15.5 Å². The molecular weight excluding hydrogens is 414 g/mol. The summed E-state index contributed by atoms with van der Waals surface area (Å²) in [6.07, 6.45) is 1.47. The van der Waals surface area contributed by atoms with E-state index in [1.807, 2.05) is 32.9 Å². The standard InChI is InChI=1S/C23H37N3O6/c1-23(2,3)32-22(28)25-13-16-7-9-26(10-8-16)15-20(27)24-14-17-11-18(29-4)21(31-6)19(12-17)30-5/h11-12,16H,7-10,13-15H2,1-6H3,(H,24,27)(H,25,28). The number of hydrogen-bond donors (Lipinski definition) is 2. The third kappa shape index (κ3) is 8.11. The van der Waals surface area contributed by atoms with Crippen LogP contribution < -0.4 is 24.8 Å². The number of methoxy groups -OCH3 is 3. The van der Waals surface area contributed by atoms with Crippen LogP contribution in [0.25, 0.3) is 0 Å². The number of rotatable bonds is 9. The van der Waals surface area contributed by atoms with Crippen LogP contribution in [0.4, 0.5) is 4.79 Å². The molecule has 1 aliphatic heterocycles. The van der Waals surface area contributed by atoms with Crippen molar-refractivity contribution in [3.8, 4) is 17.2 Å². The fourth-order valence-electron chi connectivity index (χ4n) is 3.59. The summed E-state index contributed by atoms with van der Waals surface area (Å²) in [5.74, 6) is 1.98. The summed E-state index contributed by atoms with van der Waals surface area (Å²) < 4.78 is 21.3. The Bertz CT molecular complexity index is 744. The van der Waals surface area contributed by atoms with Crippen molar-refractivity contribution in [3.05, 3.63) is 17.7 Å². The fraction of sp³-hybridized carbons (Fsp3) is 0.652. The van der Waals surface area contributed by atoms with Gasteiger partial charge in [0, 0.05) is 13.1 Å². The highest BCUT2D eigenvalue weighted by Gasteiger charge is 2.23. The van der Waals surface area contributed by atoms with Gasteiger partial charge in [0.25, 0.3) is 0 Å². The topological polar surface area (TPSA) is 98.4 Å². The maximum atomic E-state index is 12.4. The minimum atomic E-state index is -0.497. The van der Waals surface area contributed by atoms with Gasteiger partial charge in [0.2, 0.25) is 11.7 Å². The van der Waals surface area contributed by atoms with E-state index in [4.69, 9.17) is 18.9 Å². The van der Waals surface area contributed by atoms with Crippen molar-refractivity contribution >= 4 is 12.0 Å². The highest BCUT2D eigenvalue weighted by molar-refractivity contribution is 5.78. The summed E-state index contributed by atoms with van der Waals surface area (Å²) in [6.45, 7) is 8.47. The molecule has 1 aromatic rings. The molecule has 1 saturated heterocycles. The molecule has 1 fully saturated rings. The van der Waals surface area contributed by atoms with E-state index in [2.05, 4.69) is 15.5 Å². The Balaban J connectivity index is 1.74. The van der Waals surface area contributed by atoms with Crippen molar-refractivity contribution in [2.24, 2.45) is 5.92 Å². The molecule has 0 bridgehead atoms. The molecule has 2 rings (SSSR count). The van der Waals surface area contributed by atoms with E-state index in [0.717, 1.165) is 31.5 Å². The molecule has 2 N–H and O–H groups in total. The minimum Gasteiger partial charge on any atom is -0.493 e. The molecule has 0 aromatic heterocycles. The van der Waals surface area contributed by atoms with Gasteiger partial charge in [0.1, 0.15) is 5.60 Å². The lowest BCUT2D eigenvalue weighted by atomic mass is 9.97. The van der Waals surface area contributed by atoms with E-state index in [-0.39, 0.29) is 12.0 Å². The van der Waals surface area contributed by atoms with Gasteiger partial charge in [-0.25, -0.2) is 4.79 Å². The molecule has 1 aliphatic rings. The van der Waals surface area contributed by atoms with Crippen LogP contribution >= 0.6 is 0 Å². The van der Waals surface area contributed by atoms with Crippen LogP contribution in [0.5, 0.6) is 17.2 Å². The quantitative estimate of drug-likeness (QED) is 0.595. The fourth-order valence-corrected chi connectivity index (χ4v) is 3.59. The van der Waals surface area contributed by atoms with E-state index < -0.39 is 5.60 Å². The van der Waals surface area contributed by atoms with E-state index in [0.29, 0.717) is 42.8 Å². The number of benzene rings is 1. The molecule has 1 heterocycles. The number of nitrogens with one attached hydrogen (secondary N) is 2. The molecule has 0 radical (unpaired) electrons. The van der Waals surface area contributed by atoms with Crippen molar-refractivity contribution < 1.29 is 28.5 Å². The summed E-state index contributed by atoms with van der Waals surface area (Å²) in [4.78, 5) is 26.4. The summed E-state index contributed by atoms with van der Waals surface area (Å²) in [6, 6.07) is 3.65. The normalized spacial score (nSPS) is 15.1. The number of hydrogen-bond acceptors (Lipinski definition) is 7. The lowest BCUT2D eigenvalue weighted by Crippen LogP contribution is -2.43. The predicted molar refractivity (Wildman–Crippen MR) is 121 cm³/mol. The van der Waals surface area contributed by atoms with Crippen LogP contribution in [-0.2, 0) is 16.1 Å². The molecular formula is C23H37N3O6. The van der Waals surface area contributed by atoms with Crippen molar-refractivity contribution in [1.29, 1.82) is 0 Å². The number of carbonyl (C=O) groups is 2. The minimum absolute atomic E-state index is 0.0379. The Morgan fingerprint density at radius 2 is 1.59 bits per heavy atom. The van der Waals surface area contributed by atoms with Crippen LogP contribution in [0.15, 0.2) is 12.1 Å². The molecule has 0 unspecified atom stereocenters. The largest absolute Gasteiger partial charge is 0.493 e. The van der Waals surface area contributed by atoms with Crippen molar-refractivity contribution in [3.63, 3.8) is 0 Å². The second-order valence-corrected chi connectivity index (χ2v) is 8.91. The van der Waals surface area contributed by atoms with Crippen LogP contribution in [0.1, 0.15) is 39.2 Å². The molecule has 0 atom stereocenters. The van der Waals surface area contributed by atoms with Crippen LogP contribution in [0.3, 0.4) is 0 Å². The average molecular weight is 452 g/mol. The molecule has 0 aliphatic carbocycles.